The van der Waals surface area contributed by atoms with Gasteiger partial charge in [-0.05, 0) is 49.5 Å². The summed E-state index contributed by atoms with van der Waals surface area (Å²) in [5.74, 6) is 0.780. The van der Waals surface area contributed by atoms with E-state index in [-0.39, 0.29) is 17.6 Å². The molecule has 1 amide bonds. The maximum atomic E-state index is 14.6. The van der Waals surface area contributed by atoms with Gasteiger partial charge in [0, 0.05) is 19.5 Å². The van der Waals surface area contributed by atoms with E-state index in [2.05, 4.69) is 32.1 Å². The molecular formula is C24H28F2N6O. The van der Waals surface area contributed by atoms with Crippen LogP contribution in [0.15, 0.2) is 18.5 Å². The molecule has 33 heavy (non-hydrogen) atoms. The van der Waals surface area contributed by atoms with E-state index >= 15 is 0 Å². The van der Waals surface area contributed by atoms with E-state index in [4.69, 9.17) is 0 Å². The molecule has 3 aromatic heterocycles. The van der Waals surface area contributed by atoms with Crippen molar-refractivity contribution in [2.75, 3.05) is 13.1 Å². The van der Waals surface area contributed by atoms with Crippen molar-refractivity contribution >= 4 is 16.9 Å². The number of fused-ring (bicyclic) bond motifs is 1. The number of nitrogens with zero attached hydrogens (tertiary/aromatic N) is 5. The third-order valence-electron chi connectivity index (χ3n) is 7.03. The number of carbonyl (C=O) groups is 1. The SMILES string of the molecule is C[C@@H]1CCN(C(=O)C[C@@H]2CCC[C@H](Cc3nc(-c4[nH]nc5ncc(F)cc45)ncc3F)C2)C1. The van der Waals surface area contributed by atoms with Crippen LogP contribution in [0.5, 0.6) is 0 Å². The van der Waals surface area contributed by atoms with Gasteiger partial charge < -0.3 is 4.90 Å². The molecule has 0 spiro atoms. The zero-order valence-corrected chi connectivity index (χ0v) is 18.7. The van der Waals surface area contributed by atoms with Crippen LogP contribution in [0.3, 0.4) is 0 Å². The number of halogens is 2. The monoisotopic (exact) mass is 454 g/mol. The zero-order chi connectivity index (χ0) is 22.9. The molecule has 5 rings (SSSR count). The summed E-state index contributed by atoms with van der Waals surface area (Å²) in [7, 11) is 0. The van der Waals surface area contributed by atoms with Crippen LogP contribution in [0, 0.1) is 29.4 Å². The number of aromatic amines is 1. The van der Waals surface area contributed by atoms with Crippen molar-refractivity contribution in [2.24, 2.45) is 17.8 Å². The number of carbonyl (C=O) groups excluding carboxylic acids is 1. The fourth-order valence-electron chi connectivity index (χ4n) is 5.29. The normalized spacial score (nSPS) is 23.4. The van der Waals surface area contributed by atoms with Gasteiger partial charge in [-0.25, -0.2) is 23.7 Å². The van der Waals surface area contributed by atoms with Gasteiger partial charge in [-0.3, -0.25) is 9.89 Å². The van der Waals surface area contributed by atoms with Crippen molar-refractivity contribution in [3.63, 3.8) is 0 Å². The molecule has 1 aliphatic carbocycles. The van der Waals surface area contributed by atoms with Crippen molar-refractivity contribution in [3.05, 3.63) is 35.8 Å². The first-order chi connectivity index (χ1) is 16.0. The Balaban J connectivity index is 1.29. The second-order valence-corrected chi connectivity index (χ2v) is 9.65. The molecular weight excluding hydrogens is 426 g/mol. The van der Waals surface area contributed by atoms with Gasteiger partial charge in [0.25, 0.3) is 0 Å². The average Bonchev–Trinajstić information content (AvgIpc) is 3.42. The third kappa shape index (κ3) is 4.72. The summed E-state index contributed by atoms with van der Waals surface area (Å²) in [5, 5.41) is 7.32. The number of hydrogen-bond acceptors (Lipinski definition) is 5. The second-order valence-electron chi connectivity index (χ2n) is 9.65. The lowest BCUT2D eigenvalue weighted by Crippen LogP contribution is -2.31. The highest BCUT2D eigenvalue weighted by Crippen LogP contribution is 2.34. The topological polar surface area (TPSA) is 87.7 Å². The van der Waals surface area contributed by atoms with Gasteiger partial charge in [-0.15, -0.1) is 0 Å². The second kappa shape index (κ2) is 9.11. The van der Waals surface area contributed by atoms with E-state index in [9.17, 15) is 13.6 Å². The minimum absolute atomic E-state index is 0.257. The summed E-state index contributed by atoms with van der Waals surface area (Å²) in [5.41, 5.74) is 1.12. The Bertz CT molecular complexity index is 1170. The largest absolute Gasteiger partial charge is 0.342 e. The first-order valence-corrected chi connectivity index (χ1v) is 11.8. The lowest BCUT2D eigenvalue weighted by atomic mass is 9.77. The molecule has 7 nitrogen and oxygen atoms in total. The highest BCUT2D eigenvalue weighted by atomic mass is 19.1. The van der Waals surface area contributed by atoms with Crippen LogP contribution in [-0.2, 0) is 11.2 Å². The van der Waals surface area contributed by atoms with Gasteiger partial charge in [-0.1, -0.05) is 19.8 Å². The maximum absolute atomic E-state index is 14.6. The van der Waals surface area contributed by atoms with Gasteiger partial charge >= 0.3 is 0 Å². The Morgan fingerprint density at radius 3 is 2.85 bits per heavy atom. The van der Waals surface area contributed by atoms with Crippen molar-refractivity contribution in [3.8, 4) is 11.5 Å². The summed E-state index contributed by atoms with van der Waals surface area (Å²) in [6.07, 6.45) is 8.39. The van der Waals surface area contributed by atoms with Crippen LogP contribution >= 0.6 is 0 Å². The van der Waals surface area contributed by atoms with Gasteiger partial charge in [0.05, 0.1) is 23.5 Å². The molecule has 0 radical (unpaired) electrons. The van der Waals surface area contributed by atoms with Crippen molar-refractivity contribution in [2.45, 2.75) is 51.9 Å². The van der Waals surface area contributed by atoms with E-state index in [1.54, 1.807) is 0 Å². The Morgan fingerprint density at radius 1 is 1.18 bits per heavy atom. The predicted molar refractivity (Wildman–Crippen MR) is 119 cm³/mol. The molecule has 0 unspecified atom stereocenters. The number of H-pyrrole nitrogens is 1. The molecule has 2 fully saturated rings. The van der Waals surface area contributed by atoms with Gasteiger partial charge in [-0.2, -0.15) is 5.10 Å². The maximum Gasteiger partial charge on any atom is 0.222 e. The number of amides is 1. The Morgan fingerprint density at radius 2 is 2.03 bits per heavy atom. The number of nitrogens with one attached hydrogen (secondary N) is 1. The smallest absolute Gasteiger partial charge is 0.222 e. The highest BCUT2D eigenvalue weighted by molar-refractivity contribution is 5.88. The molecule has 1 saturated carbocycles. The molecule has 0 bridgehead atoms. The van der Waals surface area contributed by atoms with Gasteiger partial charge in [0.2, 0.25) is 5.91 Å². The molecule has 1 N–H and O–H groups in total. The van der Waals surface area contributed by atoms with E-state index in [0.717, 1.165) is 57.6 Å². The van der Waals surface area contributed by atoms with Crippen molar-refractivity contribution in [1.82, 2.24) is 30.0 Å². The summed E-state index contributed by atoms with van der Waals surface area (Å²) in [4.78, 5) is 27.2. The van der Waals surface area contributed by atoms with Crippen LogP contribution in [0.1, 0.15) is 51.1 Å². The quantitative estimate of drug-likeness (QED) is 0.621. The predicted octanol–water partition coefficient (Wildman–Crippen LogP) is 4.30. The molecule has 4 heterocycles. The van der Waals surface area contributed by atoms with E-state index in [0.29, 0.717) is 47.1 Å². The summed E-state index contributed by atoms with van der Waals surface area (Å²) >= 11 is 0. The minimum atomic E-state index is -0.487. The molecule has 2 aliphatic rings. The highest BCUT2D eigenvalue weighted by Gasteiger charge is 2.29. The molecule has 174 valence electrons. The number of hydrogen-bond donors (Lipinski definition) is 1. The molecule has 1 saturated heterocycles. The Kier molecular flexibility index (Phi) is 6.03. The molecule has 1 aliphatic heterocycles. The van der Waals surface area contributed by atoms with E-state index in [1.807, 2.05) is 4.90 Å². The molecule has 9 heteroatoms. The summed E-state index contributed by atoms with van der Waals surface area (Å²) < 4.78 is 28.3. The van der Waals surface area contributed by atoms with Crippen molar-refractivity contribution < 1.29 is 13.6 Å². The van der Waals surface area contributed by atoms with E-state index in [1.165, 1.54) is 6.07 Å². The number of likely N-dealkylation sites (tertiary alicyclic amines) is 1. The fourth-order valence-corrected chi connectivity index (χ4v) is 5.29. The van der Waals surface area contributed by atoms with Crippen LogP contribution in [0.2, 0.25) is 0 Å². The number of pyridine rings is 1. The molecule has 3 atom stereocenters. The van der Waals surface area contributed by atoms with Crippen LogP contribution < -0.4 is 0 Å². The Labute approximate surface area is 191 Å². The van der Waals surface area contributed by atoms with Gasteiger partial charge in [0.1, 0.15) is 11.5 Å². The van der Waals surface area contributed by atoms with Crippen LogP contribution in [-0.4, -0.2) is 49.0 Å². The lowest BCUT2D eigenvalue weighted by molar-refractivity contribution is -0.131. The average molecular weight is 455 g/mol. The number of rotatable bonds is 5. The molecule has 0 aromatic carbocycles. The standard InChI is InChI=1S/C24H28F2N6O/c1-14-5-6-32(13-14)21(33)9-16-4-2-3-15(7-16)8-20-19(26)12-28-24(29-20)22-18-10-17(25)11-27-23(18)31-30-22/h10-12,14-16H,2-9,13H2,1H3,(H,27,30,31)/t14-,15+,16-/m1/s1. The summed E-state index contributed by atoms with van der Waals surface area (Å²) in [6.45, 7) is 3.92. The van der Waals surface area contributed by atoms with Gasteiger partial charge in [0.15, 0.2) is 17.3 Å². The van der Waals surface area contributed by atoms with Crippen LogP contribution in [0.25, 0.3) is 22.6 Å². The third-order valence-corrected chi connectivity index (χ3v) is 7.03. The fraction of sp³-hybridized carbons (Fsp3) is 0.542. The zero-order valence-electron chi connectivity index (χ0n) is 18.7. The van der Waals surface area contributed by atoms with Crippen molar-refractivity contribution in [1.29, 1.82) is 0 Å². The lowest BCUT2D eigenvalue weighted by Gasteiger charge is -2.30. The first kappa shape index (κ1) is 21.9. The Hall–Kier alpha value is -2.97. The van der Waals surface area contributed by atoms with E-state index < -0.39 is 11.6 Å². The number of aromatic nitrogens is 5. The summed E-state index contributed by atoms with van der Waals surface area (Å²) in [6, 6.07) is 1.32. The first-order valence-electron chi connectivity index (χ1n) is 11.8. The molecule has 3 aromatic rings. The van der Waals surface area contributed by atoms with Crippen LogP contribution in [0.4, 0.5) is 8.78 Å². The minimum Gasteiger partial charge on any atom is -0.342 e.